The number of hydrogen-bond donors (Lipinski definition) is 2. The van der Waals surface area contributed by atoms with Gasteiger partial charge in [0.2, 0.25) is 10.0 Å². The molecule has 0 amide bonds. The summed E-state index contributed by atoms with van der Waals surface area (Å²) in [6.07, 6.45) is -3.66. The van der Waals surface area contributed by atoms with Crippen molar-refractivity contribution in [2.45, 2.75) is 12.5 Å². The zero-order chi connectivity index (χ0) is 13.6. The topological polar surface area (TPSA) is 66.4 Å². The van der Waals surface area contributed by atoms with Gasteiger partial charge in [-0.1, -0.05) is 30.3 Å². The Balaban J connectivity index is 2.58. The Kier molecular flexibility index (Phi) is 5.39. The highest BCUT2D eigenvalue weighted by Gasteiger charge is 2.18. The van der Waals surface area contributed by atoms with Crippen molar-refractivity contribution < 1.29 is 22.3 Å². The standard InChI is InChI=1S/C11H13F2NO3S/c12-11(13)10(15)8-14-18(16,17)7-6-9-4-2-1-3-5-9/h1-7,10-11,14-15H,8H2/b7-6+. The van der Waals surface area contributed by atoms with Crippen molar-refractivity contribution in [2.24, 2.45) is 0 Å². The van der Waals surface area contributed by atoms with Crippen LogP contribution in [-0.4, -0.2) is 32.6 Å². The number of aliphatic hydroxyl groups excluding tert-OH is 1. The maximum absolute atomic E-state index is 12.0. The zero-order valence-electron chi connectivity index (χ0n) is 9.33. The molecule has 18 heavy (non-hydrogen) atoms. The van der Waals surface area contributed by atoms with E-state index in [2.05, 4.69) is 0 Å². The van der Waals surface area contributed by atoms with Crippen molar-refractivity contribution in [1.29, 1.82) is 0 Å². The summed E-state index contributed by atoms with van der Waals surface area (Å²) >= 11 is 0. The van der Waals surface area contributed by atoms with Crippen LogP contribution in [0.15, 0.2) is 35.7 Å². The van der Waals surface area contributed by atoms with E-state index in [1.807, 2.05) is 4.72 Å². The first-order valence-electron chi connectivity index (χ1n) is 5.10. The van der Waals surface area contributed by atoms with E-state index in [1.165, 1.54) is 6.08 Å². The number of alkyl halides is 2. The van der Waals surface area contributed by atoms with Gasteiger partial charge in [-0.25, -0.2) is 21.9 Å². The van der Waals surface area contributed by atoms with Crippen LogP contribution in [0.25, 0.3) is 6.08 Å². The molecule has 0 aliphatic heterocycles. The second kappa shape index (κ2) is 6.58. The summed E-state index contributed by atoms with van der Waals surface area (Å²) in [6, 6.07) is 8.64. The highest BCUT2D eigenvalue weighted by atomic mass is 32.2. The molecular weight excluding hydrogens is 264 g/mol. The maximum atomic E-state index is 12.0. The summed E-state index contributed by atoms with van der Waals surface area (Å²) in [7, 11) is -3.83. The molecule has 1 atom stereocenters. The van der Waals surface area contributed by atoms with Gasteiger partial charge in [-0.2, -0.15) is 0 Å². The molecule has 2 N–H and O–H groups in total. The molecule has 0 aliphatic carbocycles. The first kappa shape index (κ1) is 14.7. The maximum Gasteiger partial charge on any atom is 0.265 e. The van der Waals surface area contributed by atoms with Gasteiger partial charge in [-0.05, 0) is 11.6 Å². The summed E-state index contributed by atoms with van der Waals surface area (Å²) in [5.74, 6) is 0. The van der Waals surface area contributed by atoms with E-state index < -0.39 is 29.1 Å². The number of rotatable bonds is 6. The Morgan fingerprint density at radius 2 is 1.89 bits per heavy atom. The average molecular weight is 277 g/mol. The van der Waals surface area contributed by atoms with E-state index in [4.69, 9.17) is 5.11 Å². The second-order valence-electron chi connectivity index (χ2n) is 3.51. The van der Waals surface area contributed by atoms with Crippen LogP contribution in [0.5, 0.6) is 0 Å². The minimum atomic E-state index is -3.83. The highest BCUT2D eigenvalue weighted by molar-refractivity contribution is 7.92. The number of aliphatic hydroxyl groups is 1. The lowest BCUT2D eigenvalue weighted by Crippen LogP contribution is -2.34. The lowest BCUT2D eigenvalue weighted by Gasteiger charge is -2.09. The van der Waals surface area contributed by atoms with Crippen molar-refractivity contribution in [1.82, 2.24) is 4.72 Å². The van der Waals surface area contributed by atoms with E-state index in [1.54, 1.807) is 30.3 Å². The molecule has 1 unspecified atom stereocenters. The Bertz CT molecular complexity index is 488. The molecule has 7 heteroatoms. The number of sulfonamides is 1. The molecule has 0 radical (unpaired) electrons. The fourth-order valence-corrected chi connectivity index (χ4v) is 1.91. The number of hydrogen-bond acceptors (Lipinski definition) is 3. The van der Waals surface area contributed by atoms with Crippen molar-refractivity contribution in [3.05, 3.63) is 41.3 Å². The van der Waals surface area contributed by atoms with Crippen LogP contribution in [-0.2, 0) is 10.0 Å². The Morgan fingerprint density at radius 1 is 1.28 bits per heavy atom. The third kappa shape index (κ3) is 5.35. The predicted molar refractivity (Wildman–Crippen MR) is 64.4 cm³/mol. The molecule has 0 bridgehead atoms. The summed E-state index contributed by atoms with van der Waals surface area (Å²) in [5.41, 5.74) is 0.664. The van der Waals surface area contributed by atoms with Gasteiger partial charge in [-0.15, -0.1) is 0 Å². The predicted octanol–water partition coefficient (Wildman–Crippen LogP) is 1.20. The molecule has 100 valence electrons. The average Bonchev–Trinajstić information content (AvgIpc) is 2.35. The molecule has 0 heterocycles. The van der Waals surface area contributed by atoms with Crippen LogP contribution in [0, 0.1) is 0 Å². The molecule has 0 saturated heterocycles. The minimum Gasteiger partial charge on any atom is -0.386 e. The first-order valence-corrected chi connectivity index (χ1v) is 6.64. The smallest absolute Gasteiger partial charge is 0.265 e. The fourth-order valence-electron chi connectivity index (χ4n) is 1.07. The van der Waals surface area contributed by atoms with Crippen LogP contribution in [0.4, 0.5) is 8.78 Å². The van der Waals surface area contributed by atoms with Gasteiger partial charge in [-0.3, -0.25) is 0 Å². The van der Waals surface area contributed by atoms with E-state index in [0.717, 1.165) is 5.41 Å². The fraction of sp³-hybridized carbons (Fsp3) is 0.273. The van der Waals surface area contributed by atoms with E-state index in [0.29, 0.717) is 5.56 Å². The van der Waals surface area contributed by atoms with Crippen LogP contribution in [0.2, 0.25) is 0 Å². The van der Waals surface area contributed by atoms with E-state index in [9.17, 15) is 17.2 Å². The van der Waals surface area contributed by atoms with Gasteiger partial charge in [0.05, 0.1) is 0 Å². The summed E-state index contributed by atoms with van der Waals surface area (Å²) in [4.78, 5) is 0. The normalized spacial score (nSPS) is 14.2. The molecule has 0 aromatic heterocycles. The third-order valence-electron chi connectivity index (χ3n) is 2.02. The minimum absolute atomic E-state index is 0.664. The van der Waals surface area contributed by atoms with Crippen molar-refractivity contribution in [2.75, 3.05) is 6.54 Å². The summed E-state index contributed by atoms with van der Waals surface area (Å²) in [6.45, 7) is -0.723. The molecule has 0 saturated carbocycles. The van der Waals surface area contributed by atoms with Crippen LogP contribution in [0.3, 0.4) is 0 Å². The highest BCUT2D eigenvalue weighted by Crippen LogP contribution is 2.03. The quantitative estimate of drug-likeness (QED) is 0.821. The first-order chi connectivity index (χ1) is 8.41. The summed E-state index contributed by atoms with van der Waals surface area (Å²) < 4.78 is 48.5. The lowest BCUT2D eigenvalue weighted by molar-refractivity contribution is -0.000412. The molecule has 1 rings (SSSR count). The second-order valence-corrected chi connectivity index (χ2v) is 5.16. The van der Waals surface area contributed by atoms with Crippen LogP contribution >= 0.6 is 0 Å². The van der Waals surface area contributed by atoms with Gasteiger partial charge >= 0.3 is 0 Å². The van der Waals surface area contributed by atoms with Crippen molar-refractivity contribution in [3.8, 4) is 0 Å². The molecule has 1 aromatic rings. The SMILES string of the molecule is O=S(=O)(/C=C/c1ccccc1)NCC(O)C(F)F. The largest absolute Gasteiger partial charge is 0.386 e. The van der Waals surface area contributed by atoms with Gasteiger partial charge in [0.25, 0.3) is 6.43 Å². The molecule has 0 spiro atoms. The number of benzene rings is 1. The molecule has 4 nitrogen and oxygen atoms in total. The molecular formula is C11H13F2NO3S. The Hall–Kier alpha value is -1.31. The van der Waals surface area contributed by atoms with Crippen molar-refractivity contribution >= 4 is 16.1 Å². The lowest BCUT2D eigenvalue weighted by atomic mass is 10.2. The monoisotopic (exact) mass is 277 g/mol. The van der Waals surface area contributed by atoms with Gasteiger partial charge in [0.15, 0.2) is 0 Å². The van der Waals surface area contributed by atoms with Gasteiger partial charge in [0.1, 0.15) is 6.10 Å². The van der Waals surface area contributed by atoms with E-state index in [-0.39, 0.29) is 0 Å². The van der Waals surface area contributed by atoms with Crippen molar-refractivity contribution in [3.63, 3.8) is 0 Å². The van der Waals surface area contributed by atoms with Gasteiger partial charge in [0, 0.05) is 12.0 Å². The third-order valence-corrected chi connectivity index (χ3v) is 3.09. The molecule has 0 aliphatic rings. The summed E-state index contributed by atoms with van der Waals surface area (Å²) in [5, 5.41) is 9.64. The number of nitrogens with one attached hydrogen (secondary N) is 1. The van der Waals surface area contributed by atoms with E-state index >= 15 is 0 Å². The van der Waals surface area contributed by atoms with Gasteiger partial charge < -0.3 is 5.11 Å². The number of halogens is 2. The van der Waals surface area contributed by atoms with Crippen LogP contribution < -0.4 is 4.72 Å². The molecule has 1 aromatic carbocycles. The Morgan fingerprint density at radius 3 is 2.44 bits per heavy atom. The molecule has 0 fully saturated rings. The zero-order valence-corrected chi connectivity index (χ0v) is 10.1. The van der Waals surface area contributed by atoms with Crippen LogP contribution in [0.1, 0.15) is 5.56 Å². The Labute approximate surface area is 104 Å².